The van der Waals surface area contributed by atoms with E-state index in [-0.39, 0.29) is 5.91 Å². The molecule has 0 unspecified atom stereocenters. The highest BCUT2D eigenvalue weighted by Crippen LogP contribution is 2.17. The molecule has 0 radical (unpaired) electrons. The maximum absolute atomic E-state index is 12.1. The number of hydrogen-bond acceptors (Lipinski definition) is 3. The van der Waals surface area contributed by atoms with Gasteiger partial charge in [-0.3, -0.25) is 14.6 Å². The Labute approximate surface area is 148 Å². The molecule has 0 aromatic heterocycles. The first-order valence-electron chi connectivity index (χ1n) is 8.24. The number of nitrogens with one attached hydrogen (secondary N) is 1. The summed E-state index contributed by atoms with van der Waals surface area (Å²) >= 11 is 6.23. The standard InChI is InChI=1S/C19H22ClN3O/c20-18-9-5-4-6-16(18)14-22-10-12-23(13-11-22)15-19(24)21-17-7-2-1-3-8-17/h1-9H,10-15H2,(H,21,24). The average Bonchev–Trinajstić information content (AvgIpc) is 2.59. The summed E-state index contributed by atoms with van der Waals surface area (Å²) in [4.78, 5) is 16.7. The van der Waals surface area contributed by atoms with Crippen LogP contribution in [0.4, 0.5) is 5.69 Å². The van der Waals surface area contributed by atoms with Crippen molar-refractivity contribution in [3.05, 3.63) is 65.2 Å². The fourth-order valence-electron chi connectivity index (χ4n) is 2.90. The summed E-state index contributed by atoms with van der Waals surface area (Å²) in [5, 5.41) is 3.76. The van der Waals surface area contributed by atoms with Gasteiger partial charge in [-0.05, 0) is 23.8 Å². The van der Waals surface area contributed by atoms with Crippen LogP contribution < -0.4 is 5.32 Å². The molecule has 1 fully saturated rings. The Morgan fingerprint density at radius 2 is 1.54 bits per heavy atom. The van der Waals surface area contributed by atoms with Crippen molar-refractivity contribution in [1.82, 2.24) is 9.80 Å². The summed E-state index contributed by atoms with van der Waals surface area (Å²) in [6.07, 6.45) is 0. The summed E-state index contributed by atoms with van der Waals surface area (Å²) < 4.78 is 0. The summed E-state index contributed by atoms with van der Waals surface area (Å²) in [7, 11) is 0. The Morgan fingerprint density at radius 3 is 2.25 bits per heavy atom. The number of carbonyl (C=O) groups excluding carboxylic acids is 1. The molecular formula is C19H22ClN3O. The Kier molecular flexibility index (Phi) is 5.86. The smallest absolute Gasteiger partial charge is 0.238 e. The van der Waals surface area contributed by atoms with Crippen molar-refractivity contribution in [3.8, 4) is 0 Å². The first-order chi connectivity index (χ1) is 11.7. The predicted octanol–water partition coefficient (Wildman–Crippen LogP) is 3.10. The van der Waals surface area contributed by atoms with Crippen molar-refractivity contribution >= 4 is 23.2 Å². The first kappa shape index (κ1) is 17.0. The van der Waals surface area contributed by atoms with Gasteiger partial charge in [0.25, 0.3) is 0 Å². The number of rotatable bonds is 5. The highest BCUT2D eigenvalue weighted by Gasteiger charge is 2.19. The van der Waals surface area contributed by atoms with Gasteiger partial charge in [-0.25, -0.2) is 0 Å². The normalized spacial score (nSPS) is 16.0. The van der Waals surface area contributed by atoms with E-state index in [1.807, 2.05) is 48.5 Å². The Bertz CT molecular complexity index is 669. The van der Waals surface area contributed by atoms with Crippen molar-refractivity contribution in [2.45, 2.75) is 6.54 Å². The predicted molar refractivity (Wildman–Crippen MR) is 98.2 cm³/mol. The lowest BCUT2D eigenvalue weighted by Gasteiger charge is -2.34. The molecule has 1 aliphatic heterocycles. The van der Waals surface area contributed by atoms with Crippen molar-refractivity contribution in [2.75, 3.05) is 38.0 Å². The van der Waals surface area contributed by atoms with E-state index in [2.05, 4.69) is 21.2 Å². The number of halogens is 1. The lowest BCUT2D eigenvalue weighted by molar-refractivity contribution is -0.117. The molecule has 0 atom stereocenters. The van der Waals surface area contributed by atoms with Crippen LogP contribution in [0, 0.1) is 0 Å². The second-order valence-corrected chi connectivity index (χ2v) is 6.47. The van der Waals surface area contributed by atoms with Crippen LogP contribution >= 0.6 is 11.6 Å². The maximum Gasteiger partial charge on any atom is 0.238 e. The molecule has 3 rings (SSSR count). The number of amides is 1. The van der Waals surface area contributed by atoms with E-state index >= 15 is 0 Å². The Morgan fingerprint density at radius 1 is 0.917 bits per heavy atom. The van der Waals surface area contributed by atoms with Crippen LogP contribution in [0.3, 0.4) is 0 Å². The first-order valence-corrected chi connectivity index (χ1v) is 8.61. The van der Waals surface area contributed by atoms with Crippen LogP contribution in [0.5, 0.6) is 0 Å². The number of para-hydroxylation sites is 1. The van der Waals surface area contributed by atoms with Crippen molar-refractivity contribution in [1.29, 1.82) is 0 Å². The molecule has 24 heavy (non-hydrogen) atoms. The minimum Gasteiger partial charge on any atom is -0.325 e. The third kappa shape index (κ3) is 4.81. The molecule has 0 spiro atoms. The fourth-order valence-corrected chi connectivity index (χ4v) is 3.09. The van der Waals surface area contributed by atoms with E-state index in [1.165, 1.54) is 0 Å². The Hall–Kier alpha value is -1.88. The Balaban J connectivity index is 1.43. The third-order valence-electron chi connectivity index (χ3n) is 4.24. The monoisotopic (exact) mass is 343 g/mol. The highest BCUT2D eigenvalue weighted by molar-refractivity contribution is 6.31. The molecule has 1 N–H and O–H groups in total. The molecule has 0 saturated carbocycles. The van der Waals surface area contributed by atoms with E-state index in [0.29, 0.717) is 6.54 Å². The zero-order valence-electron chi connectivity index (χ0n) is 13.6. The molecule has 5 heteroatoms. The van der Waals surface area contributed by atoms with E-state index in [1.54, 1.807) is 0 Å². The maximum atomic E-state index is 12.1. The highest BCUT2D eigenvalue weighted by atomic mass is 35.5. The number of anilines is 1. The number of carbonyl (C=O) groups is 1. The molecule has 1 saturated heterocycles. The second kappa shape index (κ2) is 8.29. The van der Waals surface area contributed by atoms with Crippen LogP contribution in [0.25, 0.3) is 0 Å². The SMILES string of the molecule is O=C(CN1CCN(Cc2ccccc2Cl)CC1)Nc1ccccc1. The minimum atomic E-state index is 0.0424. The van der Waals surface area contributed by atoms with Crippen LogP contribution in [0.1, 0.15) is 5.56 Å². The minimum absolute atomic E-state index is 0.0424. The molecule has 0 bridgehead atoms. The number of hydrogen-bond donors (Lipinski definition) is 1. The number of benzene rings is 2. The van der Waals surface area contributed by atoms with Gasteiger partial charge in [0.15, 0.2) is 0 Å². The van der Waals surface area contributed by atoms with Gasteiger partial charge in [0, 0.05) is 43.4 Å². The largest absolute Gasteiger partial charge is 0.325 e. The van der Waals surface area contributed by atoms with Crippen molar-refractivity contribution < 1.29 is 4.79 Å². The molecule has 1 aliphatic rings. The fraction of sp³-hybridized carbons (Fsp3) is 0.316. The van der Waals surface area contributed by atoms with Crippen LogP contribution in [-0.2, 0) is 11.3 Å². The molecule has 2 aromatic rings. The quantitative estimate of drug-likeness (QED) is 0.906. The van der Waals surface area contributed by atoms with Gasteiger partial charge in [0.05, 0.1) is 6.54 Å². The van der Waals surface area contributed by atoms with Gasteiger partial charge in [0.1, 0.15) is 0 Å². The molecule has 0 aliphatic carbocycles. The second-order valence-electron chi connectivity index (χ2n) is 6.06. The van der Waals surface area contributed by atoms with Gasteiger partial charge in [-0.15, -0.1) is 0 Å². The van der Waals surface area contributed by atoms with Crippen LogP contribution in [0.2, 0.25) is 5.02 Å². The van der Waals surface area contributed by atoms with E-state index in [4.69, 9.17) is 11.6 Å². The van der Waals surface area contributed by atoms with E-state index in [9.17, 15) is 4.79 Å². The molecule has 1 heterocycles. The number of nitrogens with zero attached hydrogens (tertiary/aromatic N) is 2. The third-order valence-corrected chi connectivity index (χ3v) is 4.61. The molecule has 126 valence electrons. The summed E-state index contributed by atoms with van der Waals surface area (Å²) in [6, 6.07) is 17.6. The molecule has 2 aromatic carbocycles. The van der Waals surface area contributed by atoms with Crippen molar-refractivity contribution in [3.63, 3.8) is 0 Å². The van der Waals surface area contributed by atoms with Gasteiger partial charge in [-0.2, -0.15) is 0 Å². The van der Waals surface area contributed by atoms with Gasteiger partial charge < -0.3 is 5.32 Å². The number of piperazine rings is 1. The van der Waals surface area contributed by atoms with Crippen LogP contribution in [0.15, 0.2) is 54.6 Å². The topological polar surface area (TPSA) is 35.6 Å². The summed E-state index contributed by atoms with van der Waals surface area (Å²) in [5.41, 5.74) is 2.01. The molecule has 1 amide bonds. The summed E-state index contributed by atoms with van der Waals surface area (Å²) in [5.74, 6) is 0.0424. The zero-order valence-corrected chi connectivity index (χ0v) is 14.4. The van der Waals surface area contributed by atoms with Crippen LogP contribution in [-0.4, -0.2) is 48.4 Å². The molecular weight excluding hydrogens is 322 g/mol. The van der Waals surface area contributed by atoms with E-state index < -0.39 is 0 Å². The average molecular weight is 344 g/mol. The van der Waals surface area contributed by atoms with Gasteiger partial charge >= 0.3 is 0 Å². The van der Waals surface area contributed by atoms with Crippen molar-refractivity contribution in [2.24, 2.45) is 0 Å². The van der Waals surface area contributed by atoms with E-state index in [0.717, 1.165) is 49.0 Å². The lowest BCUT2D eigenvalue weighted by Crippen LogP contribution is -2.48. The zero-order chi connectivity index (χ0) is 16.8. The van der Waals surface area contributed by atoms with Gasteiger partial charge in [-0.1, -0.05) is 48.0 Å². The van der Waals surface area contributed by atoms with Gasteiger partial charge in [0.2, 0.25) is 5.91 Å². The molecule has 4 nitrogen and oxygen atoms in total. The summed E-state index contributed by atoms with van der Waals surface area (Å²) in [6.45, 7) is 4.99. The lowest BCUT2D eigenvalue weighted by atomic mass is 10.2.